The van der Waals surface area contributed by atoms with E-state index in [-0.39, 0.29) is 0 Å². The number of thioether (sulfide) groups is 1. The van der Waals surface area contributed by atoms with Crippen LogP contribution < -0.4 is 0 Å². The predicted octanol–water partition coefficient (Wildman–Crippen LogP) is 1.10. The summed E-state index contributed by atoms with van der Waals surface area (Å²) in [5.74, 6) is 0. The van der Waals surface area contributed by atoms with Crippen molar-refractivity contribution in [3.63, 3.8) is 0 Å². The summed E-state index contributed by atoms with van der Waals surface area (Å²) in [4.78, 5) is 3.31. The molecule has 0 aromatic rings. The van der Waals surface area contributed by atoms with Gasteiger partial charge in [-0.3, -0.25) is 0 Å². The van der Waals surface area contributed by atoms with Gasteiger partial charge in [-0.05, 0) is 6.26 Å². The average molecular weight is 173 g/mol. The molecule has 0 radical (unpaired) electrons. The third kappa shape index (κ3) is 5.98. The lowest BCUT2D eigenvalue weighted by Gasteiger charge is -2.04. The van der Waals surface area contributed by atoms with E-state index in [1.807, 2.05) is 37.7 Å². The van der Waals surface area contributed by atoms with Crippen LogP contribution in [0.15, 0.2) is 11.1 Å². The molecule has 0 aliphatic heterocycles. The Morgan fingerprint density at radius 1 is 1.36 bits per heavy atom. The fraction of sp³-hybridized carbons (Fsp3) is 0.625. The minimum Gasteiger partial charge on any atom is -0.382 e. The van der Waals surface area contributed by atoms with Gasteiger partial charge in [0.05, 0.1) is 4.91 Å². The first-order valence-corrected chi connectivity index (χ1v) is 4.72. The maximum atomic E-state index is 2.10. The SMILES string of the molecule is CS/C(C=[N+](C)C)=C\N(C)C. The van der Waals surface area contributed by atoms with Crippen molar-refractivity contribution in [3.05, 3.63) is 11.1 Å². The second kappa shape index (κ2) is 5.24. The Morgan fingerprint density at radius 3 is 2.18 bits per heavy atom. The fourth-order valence-electron chi connectivity index (χ4n) is 0.648. The lowest BCUT2D eigenvalue weighted by atomic mass is 10.6. The predicted molar refractivity (Wildman–Crippen MR) is 53.5 cm³/mol. The zero-order chi connectivity index (χ0) is 8.85. The quantitative estimate of drug-likeness (QED) is 0.465. The maximum Gasteiger partial charge on any atom is 0.178 e. The van der Waals surface area contributed by atoms with E-state index in [1.54, 1.807) is 11.8 Å². The molecule has 0 aliphatic carbocycles. The van der Waals surface area contributed by atoms with Crippen LogP contribution in [0.1, 0.15) is 0 Å². The third-order valence-corrected chi connectivity index (χ3v) is 1.69. The van der Waals surface area contributed by atoms with Crippen LogP contribution in [0.2, 0.25) is 0 Å². The Hall–Kier alpha value is -0.440. The van der Waals surface area contributed by atoms with Crippen LogP contribution in [0.3, 0.4) is 0 Å². The van der Waals surface area contributed by atoms with E-state index in [0.29, 0.717) is 0 Å². The van der Waals surface area contributed by atoms with Gasteiger partial charge in [-0.1, -0.05) is 0 Å². The molecule has 0 aromatic heterocycles. The molecule has 64 valence electrons. The molecule has 0 saturated carbocycles. The molecule has 0 saturated heterocycles. The van der Waals surface area contributed by atoms with Gasteiger partial charge in [0.2, 0.25) is 0 Å². The molecule has 0 amide bonds. The Kier molecular flexibility index (Phi) is 5.03. The van der Waals surface area contributed by atoms with Gasteiger partial charge in [-0.25, -0.2) is 4.58 Å². The Morgan fingerprint density at radius 2 is 1.91 bits per heavy atom. The molecule has 2 nitrogen and oxygen atoms in total. The molecule has 0 unspecified atom stereocenters. The largest absolute Gasteiger partial charge is 0.382 e. The summed E-state index contributed by atoms with van der Waals surface area (Å²) in [7, 11) is 8.11. The monoisotopic (exact) mass is 173 g/mol. The maximum absolute atomic E-state index is 2.10. The van der Waals surface area contributed by atoms with E-state index >= 15 is 0 Å². The molecular weight excluding hydrogens is 156 g/mol. The minimum absolute atomic E-state index is 1.26. The van der Waals surface area contributed by atoms with E-state index < -0.39 is 0 Å². The van der Waals surface area contributed by atoms with Gasteiger partial charge >= 0.3 is 0 Å². The lowest BCUT2D eigenvalue weighted by Crippen LogP contribution is -2.05. The van der Waals surface area contributed by atoms with Crippen molar-refractivity contribution in [1.82, 2.24) is 4.90 Å². The highest BCUT2D eigenvalue weighted by atomic mass is 32.2. The fourth-order valence-corrected chi connectivity index (χ4v) is 1.28. The zero-order valence-electron chi connectivity index (χ0n) is 7.96. The van der Waals surface area contributed by atoms with Crippen LogP contribution in [0, 0.1) is 0 Å². The second-order valence-electron chi connectivity index (χ2n) is 2.79. The molecule has 3 heteroatoms. The molecule has 11 heavy (non-hydrogen) atoms. The first kappa shape index (κ1) is 10.6. The topological polar surface area (TPSA) is 6.25 Å². The Bertz CT molecular complexity index is 167. The van der Waals surface area contributed by atoms with E-state index in [9.17, 15) is 0 Å². The molecule has 0 heterocycles. The van der Waals surface area contributed by atoms with Crippen LogP contribution in [-0.2, 0) is 0 Å². The van der Waals surface area contributed by atoms with Gasteiger partial charge in [-0.2, -0.15) is 0 Å². The number of hydrogen-bond acceptors (Lipinski definition) is 2. The van der Waals surface area contributed by atoms with Crippen LogP contribution in [0.5, 0.6) is 0 Å². The first-order valence-electron chi connectivity index (χ1n) is 3.49. The van der Waals surface area contributed by atoms with Crippen molar-refractivity contribution in [2.24, 2.45) is 0 Å². The minimum atomic E-state index is 1.26. The average Bonchev–Trinajstić information content (AvgIpc) is 1.84. The second-order valence-corrected chi connectivity index (χ2v) is 3.67. The lowest BCUT2D eigenvalue weighted by molar-refractivity contribution is -0.458. The van der Waals surface area contributed by atoms with Gasteiger partial charge in [0.15, 0.2) is 6.21 Å². The van der Waals surface area contributed by atoms with Crippen molar-refractivity contribution in [1.29, 1.82) is 0 Å². The van der Waals surface area contributed by atoms with Gasteiger partial charge in [0.1, 0.15) is 14.1 Å². The van der Waals surface area contributed by atoms with Gasteiger partial charge in [0.25, 0.3) is 0 Å². The van der Waals surface area contributed by atoms with Gasteiger partial charge in [0, 0.05) is 20.3 Å². The summed E-state index contributed by atoms with van der Waals surface area (Å²) in [6.07, 6.45) is 6.28. The number of nitrogens with zero attached hydrogens (tertiary/aromatic N) is 2. The van der Waals surface area contributed by atoms with Crippen molar-refractivity contribution in [2.75, 3.05) is 34.4 Å². The molecule has 0 rings (SSSR count). The Balaban J connectivity index is 4.29. The normalized spacial score (nSPS) is 11.2. The molecular formula is C8H17N2S+. The third-order valence-electron chi connectivity index (χ3n) is 1.01. The van der Waals surface area contributed by atoms with Crippen molar-refractivity contribution < 1.29 is 4.58 Å². The van der Waals surface area contributed by atoms with E-state index in [2.05, 4.69) is 18.7 Å². The molecule has 0 N–H and O–H groups in total. The zero-order valence-corrected chi connectivity index (χ0v) is 8.77. The van der Waals surface area contributed by atoms with E-state index in [0.717, 1.165) is 0 Å². The molecule has 0 aliphatic rings. The van der Waals surface area contributed by atoms with Crippen LogP contribution in [0.4, 0.5) is 0 Å². The van der Waals surface area contributed by atoms with Crippen LogP contribution in [-0.4, -0.2) is 50.1 Å². The number of allylic oxidation sites excluding steroid dienone is 1. The molecule has 0 bridgehead atoms. The van der Waals surface area contributed by atoms with Crippen LogP contribution >= 0.6 is 11.8 Å². The highest BCUT2D eigenvalue weighted by Gasteiger charge is 1.95. The first-order chi connectivity index (χ1) is 5.06. The highest BCUT2D eigenvalue weighted by Crippen LogP contribution is 2.07. The van der Waals surface area contributed by atoms with E-state index in [4.69, 9.17) is 0 Å². The number of hydrogen-bond donors (Lipinski definition) is 0. The van der Waals surface area contributed by atoms with Crippen molar-refractivity contribution in [3.8, 4) is 0 Å². The van der Waals surface area contributed by atoms with Gasteiger partial charge < -0.3 is 4.90 Å². The summed E-state index contributed by atoms with van der Waals surface area (Å²) in [5, 5.41) is 0. The van der Waals surface area contributed by atoms with Crippen LogP contribution in [0.25, 0.3) is 0 Å². The summed E-state index contributed by atoms with van der Waals surface area (Å²) in [6.45, 7) is 0. The number of rotatable bonds is 3. The summed E-state index contributed by atoms with van der Waals surface area (Å²) in [6, 6.07) is 0. The Labute approximate surface area is 73.6 Å². The highest BCUT2D eigenvalue weighted by molar-refractivity contribution is 8.03. The van der Waals surface area contributed by atoms with Crippen molar-refractivity contribution >= 4 is 18.0 Å². The molecule has 0 atom stereocenters. The standard InChI is InChI=1S/C8H17N2S/c1-9(2)6-8(11-5)7-10(3)4/h6-7H,1-5H3/q+1. The van der Waals surface area contributed by atoms with Crippen molar-refractivity contribution in [2.45, 2.75) is 0 Å². The summed E-state index contributed by atoms with van der Waals surface area (Å²) in [5.41, 5.74) is 0. The summed E-state index contributed by atoms with van der Waals surface area (Å²) >= 11 is 1.75. The molecule has 0 spiro atoms. The molecule has 0 fully saturated rings. The van der Waals surface area contributed by atoms with E-state index in [1.165, 1.54) is 4.91 Å². The summed E-state index contributed by atoms with van der Waals surface area (Å²) < 4.78 is 2.05. The van der Waals surface area contributed by atoms with Gasteiger partial charge in [-0.15, -0.1) is 11.8 Å². The molecule has 0 aromatic carbocycles. The smallest absolute Gasteiger partial charge is 0.178 e.